The molecule has 0 aromatic heterocycles. The van der Waals surface area contributed by atoms with Crippen LogP contribution in [0, 0.1) is 16.7 Å². The molecule has 0 aliphatic heterocycles. The van der Waals surface area contributed by atoms with E-state index in [1.54, 1.807) is 12.1 Å². The Labute approximate surface area is 134 Å². The lowest BCUT2D eigenvalue weighted by Gasteiger charge is -2.17. The molecule has 0 aliphatic carbocycles. The molecular weight excluding hydrogens is 334 g/mol. The Morgan fingerprint density at radius 1 is 1.38 bits per heavy atom. The molecule has 21 heavy (non-hydrogen) atoms. The first kappa shape index (κ1) is 17.5. The van der Waals surface area contributed by atoms with Crippen molar-refractivity contribution in [3.8, 4) is 17.6 Å². The molecule has 4 nitrogen and oxygen atoms in total. The summed E-state index contributed by atoms with van der Waals surface area (Å²) in [5, 5.41) is 8.97. The smallest absolute Gasteiger partial charge is 0.175 e. The lowest BCUT2D eigenvalue weighted by molar-refractivity contribution is 0.112. The molecule has 1 rings (SSSR count). The molecule has 0 heterocycles. The molecule has 114 valence electrons. The first-order valence-electron chi connectivity index (χ1n) is 6.89. The van der Waals surface area contributed by atoms with E-state index >= 15 is 0 Å². The van der Waals surface area contributed by atoms with Crippen LogP contribution < -0.4 is 9.47 Å². The average molecular weight is 354 g/mol. The van der Waals surface area contributed by atoms with Crippen LogP contribution >= 0.6 is 15.9 Å². The van der Waals surface area contributed by atoms with Gasteiger partial charge in [0.1, 0.15) is 6.29 Å². The fraction of sp³-hybridized carbons (Fsp3) is 0.500. The van der Waals surface area contributed by atoms with Crippen molar-refractivity contribution in [1.29, 1.82) is 5.26 Å². The fourth-order valence-corrected chi connectivity index (χ4v) is 2.38. The number of rotatable bonds is 8. The normalized spacial score (nSPS) is 10.8. The summed E-state index contributed by atoms with van der Waals surface area (Å²) in [6.07, 6.45) is 2.30. The summed E-state index contributed by atoms with van der Waals surface area (Å²) in [4.78, 5) is 10.9. The summed E-state index contributed by atoms with van der Waals surface area (Å²) >= 11 is 3.40. The van der Waals surface area contributed by atoms with Crippen molar-refractivity contribution in [3.05, 3.63) is 22.2 Å². The van der Waals surface area contributed by atoms with Gasteiger partial charge >= 0.3 is 0 Å². The van der Waals surface area contributed by atoms with Gasteiger partial charge in [0.15, 0.2) is 11.5 Å². The highest BCUT2D eigenvalue weighted by atomic mass is 79.9. The van der Waals surface area contributed by atoms with Crippen LogP contribution in [0.15, 0.2) is 16.6 Å². The van der Waals surface area contributed by atoms with Crippen molar-refractivity contribution in [2.45, 2.75) is 33.6 Å². The van der Waals surface area contributed by atoms with Crippen molar-refractivity contribution in [2.75, 3.05) is 13.2 Å². The molecule has 0 bridgehead atoms. The lowest BCUT2D eigenvalue weighted by atomic mass is 9.90. The maximum Gasteiger partial charge on any atom is 0.175 e. The molecule has 0 unspecified atom stereocenters. The van der Waals surface area contributed by atoms with Crippen LogP contribution in [0.5, 0.6) is 11.5 Å². The third kappa shape index (κ3) is 5.39. The van der Waals surface area contributed by atoms with Gasteiger partial charge in [-0.1, -0.05) is 0 Å². The van der Waals surface area contributed by atoms with Gasteiger partial charge in [-0.2, -0.15) is 5.26 Å². The predicted octanol–water partition coefficient (Wildman–Crippen LogP) is 4.37. The van der Waals surface area contributed by atoms with Crippen molar-refractivity contribution < 1.29 is 14.3 Å². The first-order chi connectivity index (χ1) is 9.93. The largest absolute Gasteiger partial charge is 0.490 e. The van der Waals surface area contributed by atoms with Crippen LogP contribution in [0.2, 0.25) is 0 Å². The molecule has 0 spiro atoms. The number of benzene rings is 1. The van der Waals surface area contributed by atoms with Crippen LogP contribution in [0.1, 0.15) is 44.0 Å². The molecule has 5 heteroatoms. The molecular formula is C16H20BrNO3. The van der Waals surface area contributed by atoms with Crippen LogP contribution in [-0.4, -0.2) is 19.5 Å². The lowest BCUT2D eigenvalue weighted by Crippen LogP contribution is -2.10. The average Bonchev–Trinajstić information content (AvgIpc) is 2.45. The Hall–Kier alpha value is -1.54. The standard InChI is InChI=1S/C16H20BrNO3/c1-4-20-14-9-12(10-19)8-13(17)15(14)21-7-5-6-16(2,3)11-18/h8-10H,4-7H2,1-3H3. The van der Waals surface area contributed by atoms with Crippen LogP contribution in [0.4, 0.5) is 0 Å². The fourth-order valence-electron chi connectivity index (χ4n) is 1.80. The Balaban J connectivity index is 2.74. The number of carbonyl (C=O) groups is 1. The van der Waals surface area contributed by atoms with Gasteiger partial charge in [0, 0.05) is 5.56 Å². The van der Waals surface area contributed by atoms with E-state index in [0.717, 1.165) is 19.1 Å². The number of hydrogen-bond acceptors (Lipinski definition) is 4. The SMILES string of the molecule is CCOc1cc(C=O)cc(Br)c1OCCCC(C)(C)C#N. The van der Waals surface area contributed by atoms with Crippen molar-refractivity contribution >= 4 is 22.2 Å². The molecule has 0 saturated heterocycles. The van der Waals surface area contributed by atoms with Crippen LogP contribution in [0.3, 0.4) is 0 Å². The number of nitriles is 1. The molecule has 0 fully saturated rings. The molecule has 1 aromatic carbocycles. The number of ether oxygens (including phenoxy) is 2. The van der Waals surface area contributed by atoms with Gasteiger partial charge in [-0.05, 0) is 61.7 Å². The van der Waals surface area contributed by atoms with E-state index in [1.807, 2.05) is 20.8 Å². The molecule has 0 amide bonds. The zero-order chi connectivity index (χ0) is 15.9. The predicted molar refractivity (Wildman–Crippen MR) is 84.8 cm³/mol. The topological polar surface area (TPSA) is 59.3 Å². The summed E-state index contributed by atoms with van der Waals surface area (Å²) in [7, 11) is 0. The van der Waals surface area contributed by atoms with Gasteiger partial charge in [0.2, 0.25) is 0 Å². The van der Waals surface area contributed by atoms with E-state index in [-0.39, 0.29) is 5.41 Å². The highest BCUT2D eigenvalue weighted by Crippen LogP contribution is 2.37. The summed E-state index contributed by atoms with van der Waals surface area (Å²) in [5.41, 5.74) is 0.188. The number of carbonyl (C=O) groups excluding carboxylic acids is 1. The van der Waals surface area contributed by atoms with E-state index in [1.165, 1.54) is 0 Å². The minimum atomic E-state index is -0.343. The molecule has 0 atom stereocenters. The minimum Gasteiger partial charge on any atom is -0.490 e. The van der Waals surface area contributed by atoms with Gasteiger partial charge in [0.05, 0.1) is 29.2 Å². The van der Waals surface area contributed by atoms with E-state index in [0.29, 0.717) is 34.7 Å². The molecule has 0 aliphatic rings. The summed E-state index contributed by atoms with van der Waals surface area (Å²) in [5.74, 6) is 1.14. The van der Waals surface area contributed by atoms with Crippen LogP contribution in [0.25, 0.3) is 0 Å². The van der Waals surface area contributed by atoms with Crippen molar-refractivity contribution in [3.63, 3.8) is 0 Å². The monoisotopic (exact) mass is 353 g/mol. The minimum absolute atomic E-state index is 0.343. The molecule has 1 aromatic rings. The van der Waals surface area contributed by atoms with Gasteiger partial charge in [0.25, 0.3) is 0 Å². The molecule has 0 N–H and O–H groups in total. The van der Waals surface area contributed by atoms with Crippen molar-refractivity contribution in [1.82, 2.24) is 0 Å². The number of halogens is 1. The third-order valence-corrected chi connectivity index (χ3v) is 3.55. The maximum atomic E-state index is 10.9. The summed E-state index contributed by atoms with van der Waals surface area (Å²) < 4.78 is 12.0. The van der Waals surface area contributed by atoms with Gasteiger partial charge in [-0.15, -0.1) is 0 Å². The summed E-state index contributed by atoms with van der Waals surface area (Å²) in [6.45, 7) is 6.68. The van der Waals surface area contributed by atoms with E-state index in [9.17, 15) is 4.79 Å². The van der Waals surface area contributed by atoms with Crippen molar-refractivity contribution in [2.24, 2.45) is 5.41 Å². The van der Waals surface area contributed by atoms with E-state index in [2.05, 4.69) is 22.0 Å². The summed E-state index contributed by atoms with van der Waals surface area (Å²) in [6, 6.07) is 5.63. The zero-order valence-electron chi connectivity index (χ0n) is 12.6. The number of aldehydes is 1. The van der Waals surface area contributed by atoms with Gasteiger partial charge < -0.3 is 9.47 Å². The second kappa shape index (κ2) is 8.04. The maximum absolute atomic E-state index is 10.9. The Kier molecular flexibility index (Phi) is 6.70. The highest BCUT2D eigenvalue weighted by molar-refractivity contribution is 9.10. The second-order valence-electron chi connectivity index (χ2n) is 5.33. The third-order valence-electron chi connectivity index (χ3n) is 2.96. The zero-order valence-corrected chi connectivity index (χ0v) is 14.2. The Morgan fingerprint density at radius 2 is 2.10 bits per heavy atom. The number of hydrogen-bond donors (Lipinski definition) is 0. The second-order valence-corrected chi connectivity index (χ2v) is 6.18. The van der Waals surface area contributed by atoms with E-state index < -0.39 is 0 Å². The highest BCUT2D eigenvalue weighted by Gasteiger charge is 2.17. The van der Waals surface area contributed by atoms with E-state index in [4.69, 9.17) is 14.7 Å². The Bertz CT molecular complexity index is 535. The molecule has 0 saturated carbocycles. The molecule has 0 radical (unpaired) electrons. The van der Waals surface area contributed by atoms with Crippen LogP contribution in [-0.2, 0) is 0 Å². The number of nitrogens with zero attached hydrogens (tertiary/aromatic N) is 1. The first-order valence-corrected chi connectivity index (χ1v) is 7.68. The Morgan fingerprint density at radius 3 is 2.67 bits per heavy atom. The van der Waals surface area contributed by atoms with Gasteiger partial charge in [-0.25, -0.2) is 0 Å². The quantitative estimate of drug-likeness (QED) is 0.514. The van der Waals surface area contributed by atoms with Gasteiger partial charge in [-0.3, -0.25) is 4.79 Å².